The van der Waals surface area contributed by atoms with Crippen LogP contribution in [0.5, 0.6) is 0 Å². The number of amides is 3. The number of hydrogen-bond donors (Lipinski definition) is 2. The van der Waals surface area contributed by atoms with Crippen LogP contribution < -0.4 is 5.32 Å². The molecule has 6 atom stereocenters. The molecule has 1 aromatic rings. The number of fused-ring (bicyclic) bond motifs is 1. The van der Waals surface area contributed by atoms with Crippen molar-refractivity contribution in [2.75, 3.05) is 26.3 Å². The summed E-state index contributed by atoms with van der Waals surface area (Å²) in [4.78, 5) is 58.4. The topological polar surface area (TPSA) is 125 Å². The van der Waals surface area contributed by atoms with Crippen LogP contribution in [0.1, 0.15) is 76.8 Å². The quantitative estimate of drug-likeness (QED) is 0.145. The van der Waals surface area contributed by atoms with Crippen molar-refractivity contribution >= 4 is 23.7 Å². The molecule has 3 saturated heterocycles. The fraction of sp³-hybridized carbons (Fsp3) is 0.600. The Bertz CT molecular complexity index is 1220. The summed E-state index contributed by atoms with van der Waals surface area (Å²) in [6, 6.07) is 7.70. The maximum Gasteiger partial charge on any atom is 0.306 e. The Hall–Kier alpha value is -3.50. The van der Waals surface area contributed by atoms with E-state index in [1.807, 2.05) is 44.2 Å². The smallest absolute Gasteiger partial charge is 0.306 e. The third kappa shape index (κ3) is 7.33. The average Bonchev–Trinajstić information content (AvgIpc) is 3.68. The molecule has 0 aromatic heterocycles. The number of rotatable bonds is 18. The summed E-state index contributed by atoms with van der Waals surface area (Å²) in [6.07, 6.45) is 7.58. The minimum atomic E-state index is -1.10. The number of carbonyl (C=O) groups excluding carboxylic acids is 4. The molecule has 0 aliphatic carbocycles. The van der Waals surface area contributed by atoms with E-state index in [0.717, 1.165) is 18.4 Å². The lowest BCUT2D eigenvalue weighted by Gasteiger charge is -2.38. The molecule has 2 bridgehead atoms. The largest absolute Gasteiger partial charge is 0.463 e. The van der Waals surface area contributed by atoms with Crippen molar-refractivity contribution < 1.29 is 33.8 Å². The van der Waals surface area contributed by atoms with Gasteiger partial charge in [-0.15, -0.1) is 13.2 Å². The Morgan fingerprint density at radius 3 is 2.56 bits per heavy atom. The van der Waals surface area contributed by atoms with Gasteiger partial charge in [0.15, 0.2) is 0 Å². The Morgan fingerprint density at radius 1 is 1.16 bits per heavy atom. The average molecular weight is 624 g/mol. The number of benzene rings is 1. The first kappa shape index (κ1) is 34.4. The first-order valence-corrected chi connectivity index (χ1v) is 16.3. The number of unbranched alkanes of at least 4 members (excludes halogenated alkanes) is 3. The molecule has 2 N–H and O–H groups in total. The van der Waals surface area contributed by atoms with Gasteiger partial charge in [0.2, 0.25) is 17.7 Å². The number of aliphatic hydroxyl groups excluding tert-OH is 1. The summed E-state index contributed by atoms with van der Waals surface area (Å²) in [5.74, 6) is -2.73. The van der Waals surface area contributed by atoms with Gasteiger partial charge in [-0.2, -0.15) is 0 Å². The van der Waals surface area contributed by atoms with E-state index in [-0.39, 0.29) is 49.4 Å². The van der Waals surface area contributed by atoms with E-state index < -0.39 is 35.6 Å². The fourth-order valence-electron chi connectivity index (χ4n) is 7.21. The van der Waals surface area contributed by atoms with Crippen molar-refractivity contribution in [1.29, 1.82) is 0 Å². The van der Waals surface area contributed by atoms with Crippen LogP contribution >= 0.6 is 0 Å². The van der Waals surface area contributed by atoms with E-state index in [0.29, 0.717) is 45.2 Å². The van der Waals surface area contributed by atoms with Crippen LogP contribution in [-0.4, -0.2) is 88.7 Å². The SMILES string of the molecule is C=CCCC(=O)OC[C@H](NC(=O)[C@@H]1[C@@H]2CC[C@]3(O2)[C@H](C(=O)N(CC=C)C(C)C)N(CCCCCCO)C(=O)[C@@H]13)c1ccccc1. The van der Waals surface area contributed by atoms with Crippen LogP contribution in [0.15, 0.2) is 55.6 Å². The summed E-state index contributed by atoms with van der Waals surface area (Å²) in [5, 5.41) is 12.3. The van der Waals surface area contributed by atoms with E-state index >= 15 is 0 Å². The van der Waals surface area contributed by atoms with Gasteiger partial charge in [-0.05, 0) is 51.5 Å². The number of allylic oxidation sites excluding steroid dienone is 1. The molecule has 3 amide bonds. The van der Waals surface area contributed by atoms with Crippen LogP contribution in [0, 0.1) is 11.8 Å². The first-order chi connectivity index (χ1) is 21.7. The van der Waals surface area contributed by atoms with E-state index in [1.54, 1.807) is 22.0 Å². The molecule has 3 heterocycles. The molecular formula is C35H49N3O7. The Labute approximate surface area is 266 Å². The molecule has 4 rings (SSSR count). The molecule has 10 nitrogen and oxygen atoms in total. The maximum absolute atomic E-state index is 14.3. The van der Waals surface area contributed by atoms with Gasteiger partial charge < -0.3 is 29.7 Å². The van der Waals surface area contributed by atoms with Crippen LogP contribution in [0.2, 0.25) is 0 Å². The Kier molecular flexibility index (Phi) is 12.0. The molecule has 3 aliphatic heterocycles. The van der Waals surface area contributed by atoms with Crippen molar-refractivity contribution in [3.63, 3.8) is 0 Å². The van der Waals surface area contributed by atoms with Gasteiger partial charge in [-0.3, -0.25) is 19.2 Å². The maximum atomic E-state index is 14.3. The zero-order valence-electron chi connectivity index (χ0n) is 26.7. The minimum absolute atomic E-state index is 0.0558. The molecule has 3 fully saturated rings. The lowest BCUT2D eigenvalue weighted by Crippen LogP contribution is -2.57. The van der Waals surface area contributed by atoms with Crippen molar-refractivity contribution in [3.05, 3.63) is 61.2 Å². The van der Waals surface area contributed by atoms with Gasteiger partial charge in [0.05, 0.1) is 24.0 Å². The lowest BCUT2D eigenvalue weighted by atomic mass is 9.70. The number of nitrogens with zero attached hydrogens (tertiary/aromatic N) is 2. The second kappa shape index (κ2) is 15.7. The van der Waals surface area contributed by atoms with E-state index in [2.05, 4.69) is 18.5 Å². The highest BCUT2D eigenvalue weighted by Crippen LogP contribution is 2.58. The number of likely N-dealkylation sites (tertiary alicyclic amines) is 1. The summed E-state index contributed by atoms with van der Waals surface area (Å²) in [7, 11) is 0. The molecule has 0 radical (unpaired) electrons. The highest BCUT2D eigenvalue weighted by Gasteiger charge is 2.74. The van der Waals surface area contributed by atoms with Gasteiger partial charge in [-0.1, -0.05) is 55.3 Å². The zero-order chi connectivity index (χ0) is 32.6. The molecule has 3 aliphatic rings. The van der Waals surface area contributed by atoms with Crippen molar-refractivity contribution in [2.45, 2.75) is 95.0 Å². The van der Waals surface area contributed by atoms with Crippen molar-refractivity contribution in [1.82, 2.24) is 15.1 Å². The van der Waals surface area contributed by atoms with E-state index in [1.165, 1.54) is 0 Å². The predicted molar refractivity (Wildman–Crippen MR) is 170 cm³/mol. The molecule has 246 valence electrons. The molecule has 10 heteroatoms. The van der Waals surface area contributed by atoms with Crippen LogP contribution in [-0.2, 0) is 28.7 Å². The van der Waals surface area contributed by atoms with Crippen molar-refractivity contribution in [2.24, 2.45) is 11.8 Å². The van der Waals surface area contributed by atoms with Crippen LogP contribution in [0.4, 0.5) is 0 Å². The third-order valence-corrected chi connectivity index (χ3v) is 9.36. The summed E-state index contributed by atoms with van der Waals surface area (Å²) >= 11 is 0. The zero-order valence-corrected chi connectivity index (χ0v) is 26.7. The van der Waals surface area contributed by atoms with Gasteiger partial charge in [0, 0.05) is 32.2 Å². The Morgan fingerprint density at radius 2 is 1.89 bits per heavy atom. The Balaban J connectivity index is 1.60. The molecule has 0 saturated carbocycles. The number of carbonyl (C=O) groups is 4. The van der Waals surface area contributed by atoms with Crippen LogP contribution in [0.25, 0.3) is 0 Å². The standard InChI is InChI=1S/C35H49N3O7/c1-5-7-17-28(40)44-23-26(25-15-11-10-12-16-25)36-32(41)29-27-18-19-35(45-27)30(29)33(42)38(21-13-8-9-14-22-39)31(35)34(43)37(20-6-2)24(3)4/h5-6,10-12,15-16,24,26-27,29-31,39H,1-2,7-9,13-14,17-23H2,3-4H3,(H,36,41)/t26-,27-,29+,30+,31-,35+/m0/s1. The predicted octanol–water partition coefficient (Wildman–Crippen LogP) is 3.70. The normalized spacial score (nSPS) is 25.6. The number of aliphatic hydroxyl groups is 1. The first-order valence-electron chi connectivity index (χ1n) is 16.3. The monoisotopic (exact) mass is 623 g/mol. The van der Waals surface area contributed by atoms with Gasteiger partial charge >= 0.3 is 5.97 Å². The number of ether oxygens (including phenoxy) is 2. The second-order valence-electron chi connectivity index (χ2n) is 12.6. The highest BCUT2D eigenvalue weighted by atomic mass is 16.5. The minimum Gasteiger partial charge on any atom is -0.463 e. The number of esters is 1. The van der Waals surface area contributed by atoms with E-state index in [9.17, 15) is 24.3 Å². The second-order valence-corrected chi connectivity index (χ2v) is 12.6. The number of hydrogen-bond acceptors (Lipinski definition) is 7. The van der Waals surface area contributed by atoms with Crippen molar-refractivity contribution in [3.8, 4) is 0 Å². The summed E-state index contributed by atoms with van der Waals surface area (Å²) in [5.41, 5.74) is -0.326. The van der Waals surface area contributed by atoms with Crippen LogP contribution in [0.3, 0.4) is 0 Å². The highest BCUT2D eigenvalue weighted by molar-refractivity contribution is 5.99. The third-order valence-electron chi connectivity index (χ3n) is 9.36. The molecular weight excluding hydrogens is 574 g/mol. The molecule has 45 heavy (non-hydrogen) atoms. The molecule has 1 spiro atoms. The summed E-state index contributed by atoms with van der Waals surface area (Å²) < 4.78 is 12.1. The van der Waals surface area contributed by atoms with E-state index in [4.69, 9.17) is 9.47 Å². The fourth-order valence-corrected chi connectivity index (χ4v) is 7.21. The molecule has 1 aromatic carbocycles. The number of nitrogens with one attached hydrogen (secondary N) is 1. The van der Waals surface area contributed by atoms with Gasteiger partial charge in [0.25, 0.3) is 0 Å². The van der Waals surface area contributed by atoms with Gasteiger partial charge in [-0.25, -0.2) is 0 Å². The van der Waals surface area contributed by atoms with Gasteiger partial charge in [0.1, 0.15) is 18.2 Å². The lowest BCUT2D eigenvalue weighted by molar-refractivity contribution is -0.149. The summed E-state index contributed by atoms with van der Waals surface area (Å²) in [6.45, 7) is 12.1. The molecule has 0 unspecified atom stereocenters.